The highest BCUT2D eigenvalue weighted by atomic mass is 16.2. The van der Waals surface area contributed by atoms with Gasteiger partial charge in [-0.25, -0.2) is 0 Å². The summed E-state index contributed by atoms with van der Waals surface area (Å²) in [5, 5.41) is 0. The fourth-order valence-corrected chi connectivity index (χ4v) is 3.69. The lowest BCUT2D eigenvalue weighted by molar-refractivity contribution is -0.139. The predicted molar refractivity (Wildman–Crippen MR) is 62.7 cm³/mol. The molecule has 1 aliphatic heterocycles. The molecule has 1 heterocycles. The first-order chi connectivity index (χ1) is 7.65. The predicted octanol–water partition coefficient (Wildman–Crippen LogP) is 1.37. The van der Waals surface area contributed by atoms with Crippen LogP contribution in [0.2, 0.25) is 0 Å². The average Bonchev–Trinajstić information content (AvgIpc) is 2.85. The van der Waals surface area contributed by atoms with Crippen molar-refractivity contribution in [2.45, 2.75) is 51.1 Å². The second-order valence-electron chi connectivity index (χ2n) is 6.09. The summed E-state index contributed by atoms with van der Waals surface area (Å²) >= 11 is 0. The molecule has 3 fully saturated rings. The number of carbonyl (C=O) groups excluding carboxylic acids is 1. The number of carbonyl (C=O) groups is 1. The van der Waals surface area contributed by atoms with Gasteiger partial charge in [0.25, 0.3) is 0 Å². The molecule has 4 atom stereocenters. The average molecular weight is 222 g/mol. The molecular formula is C13H22N2O. The van der Waals surface area contributed by atoms with E-state index in [0.717, 1.165) is 31.2 Å². The number of piperidine rings is 1. The third kappa shape index (κ3) is 1.75. The van der Waals surface area contributed by atoms with Crippen molar-refractivity contribution in [3.63, 3.8) is 0 Å². The highest BCUT2D eigenvalue weighted by Gasteiger charge is 2.49. The molecular weight excluding hydrogens is 200 g/mol. The largest absolute Gasteiger partial charge is 0.340 e. The third-order valence-electron chi connectivity index (χ3n) is 4.79. The Labute approximate surface area is 97.4 Å². The van der Waals surface area contributed by atoms with Crippen LogP contribution in [-0.2, 0) is 4.79 Å². The first-order valence-electron chi connectivity index (χ1n) is 6.71. The second-order valence-corrected chi connectivity index (χ2v) is 6.09. The molecule has 0 aromatic rings. The summed E-state index contributed by atoms with van der Waals surface area (Å²) in [6.07, 6.45) is 5.68. The van der Waals surface area contributed by atoms with Gasteiger partial charge in [-0.15, -0.1) is 0 Å². The maximum atomic E-state index is 12.4. The summed E-state index contributed by atoms with van der Waals surface area (Å²) in [5.41, 5.74) is 5.93. The van der Waals surface area contributed by atoms with E-state index in [9.17, 15) is 4.79 Å². The molecule has 0 aromatic heterocycles. The third-order valence-corrected chi connectivity index (χ3v) is 4.79. The van der Waals surface area contributed by atoms with Gasteiger partial charge in [0.05, 0.1) is 0 Å². The van der Waals surface area contributed by atoms with Gasteiger partial charge in [0.1, 0.15) is 0 Å². The molecule has 2 aliphatic carbocycles. The van der Waals surface area contributed by atoms with Crippen molar-refractivity contribution in [1.29, 1.82) is 0 Å². The summed E-state index contributed by atoms with van der Waals surface area (Å²) in [6, 6.07) is 0.657. The Kier molecular flexibility index (Phi) is 2.46. The fourth-order valence-electron chi connectivity index (χ4n) is 3.69. The summed E-state index contributed by atoms with van der Waals surface area (Å²) in [4.78, 5) is 14.5. The molecule has 90 valence electrons. The maximum Gasteiger partial charge on any atom is 0.225 e. The van der Waals surface area contributed by atoms with Gasteiger partial charge in [0, 0.05) is 24.5 Å². The van der Waals surface area contributed by atoms with Gasteiger partial charge >= 0.3 is 0 Å². The van der Waals surface area contributed by atoms with Crippen LogP contribution >= 0.6 is 0 Å². The molecule has 4 unspecified atom stereocenters. The van der Waals surface area contributed by atoms with E-state index in [-0.39, 0.29) is 0 Å². The van der Waals surface area contributed by atoms with Gasteiger partial charge in [0.2, 0.25) is 5.91 Å². The number of amides is 1. The van der Waals surface area contributed by atoms with Crippen LogP contribution in [0, 0.1) is 17.8 Å². The monoisotopic (exact) mass is 222 g/mol. The van der Waals surface area contributed by atoms with Crippen LogP contribution in [0.4, 0.5) is 0 Å². The Balaban J connectivity index is 1.61. The minimum absolute atomic E-state index is 0.302. The van der Waals surface area contributed by atoms with Gasteiger partial charge in [-0.1, -0.05) is 0 Å². The number of nitrogens with zero attached hydrogens (tertiary/aromatic N) is 1. The quantitative estimate of drug-likeness (QED) is 0.728. The molecule has 1 amide bonds. The van der Waals surface area contributed by atoms with Gasteiger partial charge in [-0.3, -0.25) is 4.79 Å². The fraction of sp³-hybridized carbons (Fsp3) is 0.923. The van der Waals surface area contributed by atoms with Crippen LogP contribution in [0.15, 0.2) is 0 Å². The van der Waals surface area contributed by atoms with Crippen molar-refractivity contribution >= 4 is 5.91 Å². The molecule has 16 heavy (non-hydrogen) atoms. The molecule has 1 saturated heterocycles. The number of rotatable bonds is 1. The van der Waals surface area contributed by atoms with E-state index in [2.05, 4.69) is 11.8 Å². The summed E-state index contributed by atoms with van der Waals surface area (Å²) in [7, 11) is 0. The molecule has 0 bridgehead atoms. The summed E-state index contributed by atoms with van der Waals surface area (Å²) in [5.74, 6) is 2.57. The molecule has 3 heteroatoms. The number of hydrogen-bond donors (Lipinski definition) is 1. The van der Waals surface area contributed by atoms with Gasteiger partial charge in [0.15, 0.2) is 0 Å². The Hall–Kier alpha value is -0.570. The Morgan fingerprint density at radius 1 is 1.19 bits per heavy atom. The molecule has 3 aliphatic rings. The van der Waals surface area contributed by atoms with Crippen molar-refractivity contribution < 1.29 is 4.79 Å². The lowest BCUT2D eigenvalue weighted by atomic mass is 9.95. The Morgan fingerprint density at radius 3 is 2.50 bits per heavy atom. The zero-order chi connectivity index (χ0) is 11.3. The molecule has 3 rings (SSSR count). The van der Waals surface area contributed by atoms with Crippen molar-refractivity contribution in [3.8, 4) is 0 Å². The van der Waals surface area contributed by atoms with E-state index in [0.29, 0.717) is 23.9 Å². The van der Waals surface area contributed by atoms with E-state index < -0.39 is 0 Å². The zero-order valence-electron chi connectivity index (χ0n) is 10.1. The van der Waals surface area contributed by atoms with E-state index in [1.165, 1.54) is 19.3 Å². The highest BCUT2D eigenvalue weighted by molar-refractivity contribution is 5.79. The lowest BCUT2D eigenvalue weighted by Crippen LogP contribution is -2.50. The minimum atomic E-state index is 0.302. The molecule has 3 nitrogen and oxygen atoms in total. The van der Waals surface area contributed by atoms with Gasteiger partial charge in [-0.2, -0.15) is 0 Å². The highest BCUT2D eigenvalue weighted by Crippen LogP contribution is 2.54. The van der Waals surface area contributed by atoms with Crippen molar-refractivity contribution in [2.75, 3.05) is 6.54 Å². The molecule has 0 aromatic carbocycles. The molecule has 0 spiro atoms. The van der Waals surface area contributed by atoms with Crippen molar-refractivity contribution in [2.24, 2.45) is 23.5 Å². The van der Waals surface area contributed by atoms with Crippen LogP contribution in [-0.4, -0.2) is 29.4 Å². The topological polar surface area (TPSA) is 46.3 Å². The standard InChI is InChI=1S/C13H22N2O/c1-8-4-12(14)2-3-15(8)13(16)11-6-9-5-10(9)7-11/h8-12H,2-7,14H2,1H3. The SMILES string of the molecule is CC1CC(N)CCN1C(=O)C1CC2CC2C1. The van der Waals surface area contributed by atoms with E-state index in [1.54, 1.807) is 0 Å². The normalized spacial score (nSPS) is 46.6. The Morgan fingerprint density at radius 2 is 1.88 bits per heavy atom. The number of fused-ring (bicyclic) bond motifs is 1. The van der Waals surface area contributed by atoms with Crippen molar-refractivity contribution in [3.05, 3.63) is 0 Å². The van der Waals surface area contributed by atoms with E-state index in [4.69, 9.17) is 5.73 Å². The van der Waals surface area contributed by atoms with Gasteiger partial charge < -0.3 is 10.6 Å². The number of nitrogens with two attached hydrogens (primary N) is 1. The molecule has 2 N–H and O–H groups in total. The zero-order valence-corrected chi connectivity index (χ0v) is 10.1. The number of hydrogen-bond acceptors (Lipinski definition) is 2. The smallest absolute Gasteiger partial charge is 0.225 e. The summed E-state index contributed by atoms with van der Waals surface area (Å²) < 4.78 is 0. The van der Waals surface area contributed by atoms with Crippen molar-refractivity contribution in [1.82, 2.24) is 4.90 Å². The lowest BCUT2D eigenvalue weighted by Gasteiger charge is -2.38. The van der Waals surface area contributed by atoms with Crippen LogP contribution in [0.5, 0.6) is 0 Å². The number of likely N-dealkylation sites (tertiary alicyclic amines) is 1. The first kappa shape index (κ1) is 10.6. The summed E-state index contributed by atoms with van der Waals surface area (Å²) in [6.45, 7) is 3.03. The molecule has 2 saturated carbocycles. The second kappa shape index (κ2) is 3.73. The maximum absolute atomic E-state index is 12.4. The van der Waals surface area contributed by atoms with Crippen LogP contribution in [0.3, 0.4) is 0 Å². The van der Waals surface area contributed by atoms with Crippen LogP contribution in [0.25, 0.3) is 0 Å². The van der Waals surface area contributed by atoms with E-state index >= 15 is 0 Å². The van der Waals surface area contributed by atoms with Crippen LogP contribution in [0.1, 0.15) is 39.0 Å². The van der Waals surface area contributed by atoms with Gasteiger partial charge in [-0.05, 0) is 50.9 Å². The van der Waals surface area contributed by atoms with E-state index in [1.807, 2.05) is 0 Å². The minimum Gasteiger partial charge on any atom is -0.340 e. The van der Waals surface area contributed by atoms with Crippen LogP contribution < -0.4 is 5.73 Å². The first-order valence-corrected chi connectivity index (χ1v) is 6.71. The molecule has 0 radical (unpaired) electrons. The Bertz CT molecular complexity index is 294.